The molecule has 0 aliphatic carbocycles. The smallest absolute Gasteiger partial charge is 0.306 e. The molecule has 2 nitrogen and oxygen atoms in total. The summed E-state index contributed by atoms with van der Waals surface area (Å²) in [5.41, 5.74) is 0.0943. The van der Waals surface area contributed by atoms with Crippen molar-refractivity contribution in [2.45, 2.75) is 39.7 Å². The molecule has 0 saturated carbocycles. The predicted molar refractivity (Wildman–Crippen MR) is 38.6 cm³/mol. The maximum absolute atomic E-state index is 10.8. The highest BCUT2D eigenvalue weighted by Crippen LogP contribution is 2.37. The molecule has 0 amide bonds. The normalized spacial score (nSPS) is 39.9. The zero-order chi connectivity index (χ0) is 7.78. The molecule has 58 valence electrons. The topological polar surface area (TPSA) is 26.3 Å². The molecule has 1 heterocycles. The van der Waals surface area contributed by atoms with Gasteiger partial charge in [0, 0.05) is 5.41 Å². The van der Waals surface area contributed by atoms with Crippen molar-refractivity contribution in [3.05, 3.63) is 0 Å². The van der Waals surface area contributed by atoms with Gasteiger partial charge < -0.3 is 4.74 Å². The number of cyclic esters (lactones) is 1. The molecule has 2 unspecified atom stereocenters. The minimum Gasteiger partial charge on any atom is -0.462 e. The van der Waals surface area contributed by atoms with E-state index >= 15 is 0 Å². The molecule has 0 aromatic rings. The van der Waals surface area contributed by atoms with Crippen LogP contribution in [0.2, 0.25) is 0 Å². The van der Waals surface area contributed by atoms with Gasteiger partial charge in [0.1, 0.15) is 6.10 Å². The summed E-state index contributed by atoms with van der Waals surface area (Å²) >= 11 is 0. The Hall–Kier alpha value is -0.530. The van der Waals surface area contributed by atoms with Gasteiger partial charge in [0.2, 0.25) is 0 Å². The molecular weight excluding hydrogens is 128 g/mol. The summed E-state index contributed by atoms with van der Waals surface area (Å²) in [6.07, 6.45) is 1.70. The number of hydrogen-bond donors (Lipinski definition) is 0. The van der Waals surface area contributed by atoms with Crippen LogP contribution in [-0.4, -0.2) is 12.1 Å². The van der Waals surface area contributed by atoms with Crippen LogP contribution < -0.4 is 0 Å². The standard InChI is InChI=1S/C8H14O2/c1-4-8(3)5-7(9)10-6(8)2/h6H,4-5H2,1-3H3. The van der Waals surface area contributed by atoms with E-state index in [2.05, 4.69) is 13.8 Å². The summed E-state index contributed by atoms with van der Waals surface area (Å²) < 4.78 is 5.03. The molecule has 1 aliphatic rings. The van der Waals surface area contributed by atoms with Crippen molar-refractivity contribution in [2.24, 2.45) is 5.41 Å². The molecule has 10 heavy (non-hydrogen) atoms. The van der Waals surface area contributed by atoms with E-state index in [0.717, 1.165) is 6.42 Å². The third kappa shape index (κ3) is 1.02. The first kappa shape index (κ1) is 7.58. The van der Waals surface area contributed by atoms with Crippen LogP contribution in [0, 0.1) is 5.41 Å². The lowest BCUT2D eigenvalue weighted by Crippen LogP contribution is -2.23. The first-order valence-electron chi connectivity index (χ1n) is 3.78. The van der Waals surface area contributed by atoms with E-state index in [1.54, 1.807) is 0 Å². The highest BCUT2D eigenvalue weighted by molar-refractivity contribution is 5.72. The molecule has 0 spiro atoms. The molecule has 1 saturated heterocycles. The van der Waals surface area contributed by atoms with Crippen LogP contribution in [0.4, 0.5) is 0 Å². The molecule has 0 N–H and O–H groups in total. The third-order valence-corrected chi connectivity index (χ3v) is 2.65. The minimum absolute atomic E-state index is 0.0446. The van der Waals surface area contributed by atoms with E-state index in [0.29, 0.717) is 6.42 Å². The number of rotatable bonds is 1. The van der Waals surface area contributed by atoms with Gasteiger partial charge in [0.25, 0.3) is 0 Å². The predicted octanol–water partition coefficient (Wildman–Crippen LogP) is 1.74. The maximum atomic E-state index is 10.8. The van der Waals surface area contributed by atoms with Crippen LogP contribution in [-0.2, 0) is 9.53 Å². The molecule has 1 aliphatic heterocycles. The van der Waals surface area contributed by atoms with E-state index in [1.807, 2.05) is 6.92 Å². The summed E-state index contributed by atoms with van der Waals surface area (Å²) in [5, 5.41) is 0. The van der Waals surface area contributed by atoms with E-state index in [9.17, 15) is 4.79 Å². The van der Waals surface area contributed by atoms with E-state index in [1.165, 1.54) is 0 Å². The average molecular weight is 142 g/mol. The van der Waals surface area contributed by atoms with Crippen molar-refractivity contribution in [1.29, 1.82) is 0 Å². The highest BCUT2D eigenvalue weighted by Gasteiger charge is 2.40. The van der Waals surface area contributed by atoms with Crippen LogP contribution in [0.1, 0.15) is 33.6 Å². The van der Waals surface area contributed by atoms with Crippen molar-refractivity contribution >= 4 is 5.97 Å². The summed E-state index contributed by atoms with van der Waals surface area (Å²) in [6, 6.07) is 0. The van der Waals surface area contributed by atoms with Gasteiger partial charge in [0.05, 0.1) is 6.42 Å². The number of ether oxygens (including phenoxy) is 1. The van der Waals surface area contributed by atoms with Crippen LogP contribution in [0.5, 0.6) is 0 Å². The van der Waals surface area contributed by atoms with Crippen molar-refractivity contribution in [3.63, 3.8) is 0 Å². The molecule has 1 fully saturated rings. The Labute approximate surface area is 61.6 Å². The molecule has 0 aromatic heterocycles. The van der Waals surface area contributed by atoms with Gasteiger partial charge in [-0.15, -0.1) is 0 Å². The molecule has 0 aromatic carbocycles. The monoisotopic (exact) mass is 142 g/mol. The van der Waals surface area contributed by atoms with Gasteiger partial charge in [-0.05, 0) is 13.3 Å². The maximum Gasteiger partial charge on any atom is 0.306 e. The third-order valence-electron chi connectivity index (χ3n) is 2.65. The Balaban J connectivity index is 2.70. The summed E-state index contributed by atoms with van der Waals surface area (Å²) in [7, 11) is 0. The fourth-order valence-electron chi connectivity index (χ4n) is 1.27. The van der Waals surface area contributed by atoms with Crippen molar-refractivity contribution in [1.82, 2.24) is 0 Å². The van der Waals surface area contributed by atoms with Gasteiger partial charge in [-0.25, -0.2) is 0 Å². The second-order valence-electron chi connectivity index (χ2n) is 3.32. The van der Waals surface area contributed by atoms with Gasteiger partial charge in [-0.3, -0.25) is 4.79 Å². The van der Waals surface area contributed by atoms with Crippen LogP contribution in [0.25, 0.3) is 0 Å². The first-order valence-corrected chi connectivity index (χ1v) is 3.78. The zero-order valence-electron chi connectivity index (χ0n) is 6.81. The lowest BCUT2D eigenvalue weighted by molar-refractivity contribution is -0.141. The Kier molecular flexibility index (Phi) is 1.71. The number of hydrogen-bond acceptors (Lipinski definition) is 2. The largest absolute Gasteiger partial charge is 0.462 e. The first-order chi connectivity index (χ1) is 4.58. The second kappa shape index (κ2) is 2.26. The quantitative estimate of drug-likeness (QED) is 0.521. The molecule has 2 heteroatoms. The molecule has 1 rings (SSSR count). The Bertz CT molecular complexity index is 153. The second-order valence-corrected chi connectivity index (χ2v) is 3.32. The van der Waals surface area contributed by atoms with Crippen molar-refractivity contribution < 1.29 is 9.53 Å². The van der Waals surface area contributed by atoms with Gasteiger partial charge in [-0.1, -0.05) is 13.8 Å². The zero-order valence-corrected chi connectivity index (χ0v) is 6.81. The Morgan fingerprint density at radius 2 is 2.40 bits per heavy atom. The van der Waals surface area contributed by atoms with Crippen molar-refractivity contribution in [2.75, 3.05) is 0 Å². The molecule has 0 bridgehead atoms. The fourth-order valence-corrected chi connectivity index (χ4v) is 1.27. The lowest BCUT2D eigenvalue weighted by Gasteiger charge is -2.23. The minimum atomic E-state index is -0.0446. The highest BCUT2D eigenvalue weighted by atomic mass is 16.5. The molecule has 0 radical (unpaired) electrons. The van der Waals surface area contributed by atoms with Gasteiger partial charge in [0.15, 0.2) is 0 Å². The number of esters is 1. The van der Waals surface area contributed by atoms with Crippen molar-refractivity contribution in [3.8, 4) is 0 Å². The van der Waals surface area contributed by atoms with Gasteiger partial charge >= 0.3 is 5.97 Å². The molecular formula is C8H14O2. The van der Waals surface area contributed by atoms with E-state index < -0.39 is 0 Å². The Morgan fingerprint density at radius 3 is 2.60 bits per heavy atom. The fraction of sp³-hybridized carbons (Fsp3) is 0.875. The summed E-state index contributed by atoms with van der Waals surface area (Å²) in [4.78, 5) is 10.8. The SMILES string of the molecule is CCC1(C)CC(=O)OC1C. The average Bonchev–Trinajstić information content (AvgIpc) is 2.09. The Morgan fingerprint density at radius 1 is 1.80 bits per heavy atom. The van der Waals surface area contributed by atoms with E-state index in [-0.39, 0.29) is 17.5 Å². The molecule has 2 atom stereocenters. The van der Waals surface area contributed by atoms with Gasteiger partial charge in [-0.2, -0.15) is 0 Å². The number of carbonyl (C=O) groups is 1. The summed E-state index contributed by atoms with van der Waals surface area (Å²) in [5.74, 6) is -0.0446. The lowest BCUT2D eigenvalue weighted by atomic mass is 9.81. The summed E-state index contributed by atoms with van der Waals surface area (Å²) in [6.45, 7) is 6.16. The van der Waals surface area contributed by atoms with E-state index in [4.69, 9.17) is 4.74 Å². The van der Waals surface area contributed by atoms with Crippen LogP contribution in [0.3, 0.4) is 0 Å². The van der Waals surface area contributed by atoms with Crippen LogP contribution in [0.15, 0.2) is 0 Å². The number of carbonyl (C=O) groups excluding carboxylic acids is 1. The van der Waals surface area contributed by atoms with Crippen LogP contribution >= 0.6 is 0 Å².